The van der Waals surface area contributed by atoms with Crippen molar-refractivity contribution in [3.8, 4) is 28.1 Å². The molecule has 1 amide bonds. The summed E-state index contributed by atoms with van der Waals surface area (Å²) in [6.07, 6.45) is -2.78. The molecule has 0 bridgehead atoms. The fourth-order valence-electron chi connectivity index (χ4n) is 5.98. The van der Waals surface area contributed by atoms with Crippen LogP contribution in [0.1, 0.15) is 24.8 Å². The van der Waals surface area contributed by atoms with E-state index in [1.54, 1.807) is 28.1 Å². The number of benzene rings is 3. The zero-order valence-electron chi connectivity index (χ0n) is 25.3. The third-order valence-corrected chi connectivity index (χ3v) is 8.33. The summed E-state index contributed by atoms with van der Waals surface area (Å²) in [5, 5.41) is 9.78. The summed E-state index contributed by atoms with van der Waals surface area (Å²) in [6, 6.07) is 25.7. The van der Waals surface area contributed by atoms with E-state index in [-0.39, 0.29) is 62.7 Å². The van der Waals surface area contributed by atoms with Crippen molar-refractivity contribution in [2.45, 2.75) is 25.4 Å². The molecule has 0 saturated carbocycles. The number of hydrogen-bond acceptors (Lipinski definition) is 5. The first-order chi connectivity index (χ1) is 22.6. The summed E-state index contributed by atoms with van der Waals surface area (Å²) >= 11 is 0. The first kappa shape index (κ1) is 31.5. The quantitative estimate of drug-likeness (QED) is 0.204. The lowest BCUT2D eigenvalue weighted by molar-refractivity contribution is -0.138. The molecule has 240 valence electrons. The minimum absolute atomic E-state index is 0.0319. The Balaban J connectivity index is 1.30. The maximum atomic E-state index is 14.6. The molecule has 5 aromatic rings. The van der Waals surface area contributed by atoms with Gasteiger partial charge in [0.15, 0.2) is 0 Å². The first-order valence-electron chi connectivity index (χ1n) is 15.2. The smallest absolute Gasteiger partial charge is 0.418 e. The van der Waals surface area contributed by atoms with Gasteiger partial charge >= 0.3 is 12.1 Å². The predicted octanol–water partition coefficient (Wildman–Crippen LogP) is 6.64. The van der Waals surface area contributed by atoms with Gasteiger partial charge in [0.05, 0.1) is 16.8 Å². The first-order valence-corrected chi connectivity index (χ1v) is 15.2. The number of amides is 1. The summed E-state index contributed by atoms with van der Waals surface area (Å²) in [5.74, 6) is -1.20. The van der Waals surface area contributed by atoms with Crippen LogP contribution in [0.25, 0.3) is 39.0 Å². The molecule has 3 heterocycles. The molecule has 0 aliphatic carbocycles. The summed E-state index contributed by atoms with van der Waals surface area (Å²) in [7, 11) is 0. The molecule has 1 fully saturated rings. The molecule has 1 saturated heterocycles. The zero-order chi connectivity index (χ0) is 33.1. The number of nitrogens with zero attached hydrogens (tertiary/aromatic N) is 4. The van der Waals surface area contributed by atoms with Crippen LogP contribution < -0.4 is 10.5 Å². The minimum atomic E-state index is -4.71. The highest BCUT2D eigenvalue weighted by atomic mass is 19.4. The van der Waals surface area contributed by atoms with Gasteiger partial charge in [-0.25, -0.2) is 0 Å². The van der Waals surface area contributed by atoms with Crippen molar-refractivity contribution in [3.63, 3.8) is 0 Å². The van der Waals surface area contributed by atoms with Gasteiger partial charge in [-0.1, -0.05) is 42.5 Å². The van der Waals surface area contributed by atoms with Crippen LogP contribution in [0.15, 0.2) is 102 Å². The number of pyridine rings is 2. The number of para-hydroxylation sites is 1. The number of piperazine rings is 1. The van der Waals surface area contributed by atoms with Gasteiger partial charge in [-0.05, 0) is 60.0 Å². The molecule has 11 heteroatoms. The monoisotopic (exact) mass is 640 g/mol. The average molecular weight is 641 g/mol. The lowest BCUT2D eigenvalue weighted by Gasteiger charge is -2.37. The standard InChI is InChI=1S/C36H31F3N4O4/c37-36(38,39)29-22-28(14-15-32(29)41-16-18-42(19-17-41)33(44)11-5-13-35(46)47)43-31(10-4-12-34(43)45)26-8-3-7-24(20-26)27-21-25-6-1-2-9-30(25)40-23-27/h1-4,6-10,12,14-15,20-23H,5,11,13,16-19H2,(H,46,47). The van der Waals surface area contributed by atoms with Crippen molar-refractivity contribution in [2.24, 2.45) is 0 Å². The molecule has 8 nitrogen and oxygen atoms in total. The van der Waals surface area contributed by atoms with Gasteiger partial charge in [-0.2, -0.15) is 13.2 Å². The summed E-state index contributed by atoms with van der Waals surface area (Å²) < 4.78 is 44.9. The van der Waals surface area contributed by atoms with E-state index < -0.39 is 23.3 Å². The molecule has 0 atom stereocenters. The molecule has 1 aliphatic rings. The van der Waals surface area contributed by atoms with Crippen molar-refractivity contribution in [3.05, 3.63) is 113 Å². The molecular formula is C36H31F3N4O4. The lowest BCUT2D eigenvalue weighted by Crippen LogP contribution is -2.49. The van der Waals surface area contributed by atoms with Gasteiger partial charge in [0.25, 0.3) is 5.56 Å². The molecule has 0 spiro atoms. The second-order valence-electron chi connectivity index (χ2n) is 11.4. The number of alkyl halides is 3. The highest BCUT2D eigenvalue weighted by molar-refractivity contribution is 5.84. The van der Waals surface area contributed by atoms with Crippen LogP contribution in [0.2, 0.25) is 0 Å². The Morgan fingerprint density at radius 2 is 1.53 bits per heavy atom. The number of rotatable bonds is 8. The highest BCUT2D eigenvalue weighted by Crippen LogP contribution is 2.39. The average Bonchev–Trinajstić information content (AvgIpc) is 3.07. The van der Waals surface area contributed by atoms with E-state index >= 15 is 0 Å². The third kappa shape index (κ3) is 6.89. The van der Waals surface area contributed by atoms with E-state index in [9.17, 15) is 27.6 Å². The van der Waals surface area contributed by atoms with Gasteiger partial charge in [0.2, 0.25) is 5.91 Å². The van der Waals surface area contributed by atoms with Crippen LogP contribution in [0.4, 0.5) is 18.9 Å². The van der Waals surface area contributed by atoms with E-state index in [0.29, 0.717) is 11.3 Å². The van der Waals surface area contributed by atoms with Crippen molar-refractivity contribution < 1.29 is 27.9 Å². The van der Waals surface area contributed by atoms with Gasteiger partial charge in [-0.3, -0.25) is 23.9 Å². The fraction of sp³-hybridized carbons (Fsp3) is 0.222. The number of fused-ring (bicyclic) bond motifs is 1. The Morgan fingerprint density at radius 3 is 2.30 bits per heavy atom. The van der Waals surface area contributed by atoms with Crippen LogP contribution in [-0.4, -0.2) is 57.6 Å². The van der Waals surface area contributed by atoms with E-state index in [4.69, 9.17) is 5.11 Å². The normalized spacial score (nSPS) is 13.6. The topological polar surface area (TPSA) is 95.7 Å². The van der Waals surface area contributed by atoms with Crippen molar-refractivity contribution >= 4 is 28.5 Å². The molecule has 1 N–H and O–H groups in total. The third-order valence-electron chi connectivity index (χ3n) is 8.33. The van der Waals surface area contributed by atoms with E-state index in [2.05, 4.69) is 4.98 Å². The molecule has 6 rings (SSSR count). The summed E-state index contributed by atoms with van der Waals surface area (Å²) in [4.78, 5) is 44.2. The number of hydrogen-bond donors (Lipinski definition) is 1. The fourth-order valence-corrected chi connectivity index (χ4v) is 5.98. The Morgan fingerprint density at radius 1 is 0.787 bits per heavy atom. The summed E-state index contributed by atoms with van der Waals surface area (Å²) in [6.45, 7) is 0.798. The largest absolute Gasteiger partial charge is 0.481 e. The number of carboxylic acids is 1. The van der Waals surface area contributed by atoms with Gasteiger partial charge in [0, 0.05) is 73.6 Å². The second-order valence-corrected chi connectivity index (χ2v) is 11.4. The molecule has 1 aliphatic heterocycles. The maximum absolute atomic E-state index is 14.6. The number of aromatic nitrogens is 2. The number of aliphatic carboxylic acids is 1. The number of anilines is 1. The number of halogens is 3. The SMILES string of the molecule is O=C(O)CCCC(=O)N1CCN(c2ccc(-n3c(-c4cccc(-c5cnc6ccccc6c5)c4)cccc3=O)cc2C(F)(F)F)CC1. The predicted molar refractivity (Wildman–Crippen MR) is 173 cm³/mol. The number of carbonyl (C=O) groups excluding carboxylic acids is 1. The minimum Gasteiger partial charge on any atom is -0.481 e. The molecular weight excluding hydrogens is 609 g/mol. The van der Waals surface area contributed by atoms with Gasteiger partial charge < -0.3 is 14.9 Å². The van der Waals surface area contributed by atoms with Crippen molar-refractivity contribution in [1.29, 1.82) is 0 Å². The van der Waals surface area contributed by atoms with Crippen LogP contribution in [0.3, 0.4) is 0 Å². The van der Waals surface area contributed by atoms with Crippen molar-refractivity contribution in [1.82, 2.24) is 14.5 Å². The Labute approximate surface area is 268 Å². The van der Waals surface area contributed by atoms with Gasteiger partial charge in [-0.15, -0.1) is 0 Å². The summed E-state index contributed by atoms with van der Waals surface area (Å²) in [5.41, 5.74) is 2.33. The Hall–Kier alpha value is -5.45. The van der Waals surface area contributed by atoms with E-state index in [1.807, 2.05) is 54.6 Å². The Kier molecular flexibility index (Phi) is 8.80. The second kappa shape index (κ2) is 13.1. The Bertz CT molecular complexity index is 2020. The molecule has 47 heavy (non-hydrogen) atoms. The lowest BCUT2D eigenvalue weighted by atomic mass is 10.0. The van der Waals surface area contributed by atoms with Crippen LogP contribution in [0, 0.1) is 0 Å². The highest BCUT2D eigenvalue weighted by Gasteiger charge is 2.36. The van der Waals surface area contributed by atoms with E-state index in [0.717, 1.165) is 28.1 Å². The molecule has 2 aromatic heterocycles. The van der Waals surface area contributed by atoms with Crippen molar-refractivity contribution in [2.75, 3.05) is 31.1 Å². The van der Waals surface area contributed by atoms with Crippen LogP contribution in [-0.2, 0) is 15.8 Å². The van der Waals surface area contributed by atoms with E-state index in [1.165, 1.54) is 22.8 Å². The molecule has 0 unspecified atom stereocenters. The molecule has 3 aromatic carbocycles. The number of carboxylic acid groups (broad SMARTS) is 1. The number of carbonyl (C=O) groups is 2. The molecule has 0 radical (unpaired) electrons. The maximum Gasteiger partial charge on any atom is 0.418 e. The van der Waals surface area contributed by atoms with Crippen LogP contribution in [0.5, 0.6) is 0 Å². The van der Waals surface area contributed by atoms with Crippen LogP contribution >= 0.6 is 0 Å². The zero-order valence-corrected chi connectivity index (χ0v) is 25.3. The van der Waals surface area contributed by atoms with Gasteiger partial charge in [0.1, 0.15) is 0 Å².